The summed E-state index contributed by atoms with van der Waals surface area (Å²) in [6, 6.07) is 52.8. The molecule has 0 aliphatic carbocycles. The second-order valence-corrected chi connectivity index (χ2v) is 12.6. The summed E-state index contributed by atoms with van der Waals surface area (Å²) >= 11 is 0. The van der Waals surface area contributed by atoms with Gasteiger partial charge in [-0.15, -0.1) is 6.42 Å². The van der Waals surface area contributed by atoms with E-state index in [0.717, 1.165) is 89.2 Å². The van der Waals surface area contributed by atoms with Gasteiger partial charge in [-0.2, -0.15) is 0 Å². The van der Waals surface area contributed by atoms with Crippen molar-refractivity contribution >= 4 is 46.1 Å². The number of hydrogen-bond donors (Lipinski definition) is 1. The maximum absolute atomic E-state index is 6.15. The highest BCUT2D eigenvalue weighted by Crippen LogP contribution is 2.41. The molecule has 0 saturated carbocycles. The van der Waals surface area contributed by atoms with Crippen molar-refractivity contribution in [2.45, 2.75) is 6.54 Å². The molecular formula is C47H32N4. The van der Waals surface area contributed by atoms with Crippen LogP contribution < -0.4 is 0 Å². The Morgan fingerprint density at radius 2 is 1.00 bits per heavy atom. The van der Waals surface area contributed by atoms with E-state index in [-0.39, 0.29) is 0 Å². The number of aliphatic imine (C=N–C) groups is 1. The Bertz CT molecular complexity index is 2510. The number of aromatic nitrogens is 3. The second-order valence-electron chi connectivity index (χ2n) is 12.6. The molecule has 4 aromatic carbocycles. The van der Waals surface area contributed by atoms with Gasteiger partial charge in [-0.25, -0.2) is 4.98 Å². The van der Waals surface area contributed by atoms with Crippen LogP contribution in [-0.4, -0.2) is 20.7 Å². The number of benzene rings is 4. The van der Waals surface area contributed by atoms with Gasteiger partial charge in [-0.1, -0.05) is 127 Å². The topological polar surface area (TPSA) is 46.0 Å². The third-order valence-corrected chi connectivity index (χ3v) is 9.55. The summed E-state index contributed by atoms with van der Waals surface area (Å²) in [6.07, 6.45) is 12.4. The van der Waals surface area contributed by atoms with E-state index in [1.54, 1.807) is 0 Å². The van der Waals surface area contributed by atoms with Crippen LogP contribution in [-0.2, 0) is 6.54 Å². The average Bonchev–Trinajstić information content (AvgIpc) is 4.02. The molecule has 0 unspecified atom stereocenters. The van der Waals surface area contributed by atoms with E-state index in [1.165, 1.54) is 0 Å². The number of nitrogens with zero attached hydrogens (tertiary/aromatic N) is 3. The van der Waals surface area contributed by atoms with E-state index >= 15 is 0 Å². The summed E-state index contributed by atoms with van der Waals surface area (Å²) < 4.78 is 2.24. The van der Waals surface area contributed by atoms with Crippen LogP contribution in [0.15, 0.2) is 157 Å². The van der Waals surface area contributed by atoms with Gasteiger partial charge < -0.3 is 9.55 Å². The Morgan fingerprint density at radius 3 is 1.57 bits per heavy atom. The normalized spacial score (nSPS) is 11.8. The highest BCUT2D eigenvalue weighted by molar-refractivity contribution is 6.05. The molecule has 240 valence electrons. The number of fused-ring (bicyclic) bond motifs is 8. The Labute approximate surface area is 296 Å². The zero-order valence-electron chi connectivity index (χ0n) is 27.8. The van der Waals surface area contributed by atoms with Crippen molar-refractivity contribution in [2.75, 3.05) is 0 Å². The second kappa shape index (κ2) is 12.8. The monoisotopic (exact) mass is 652 g/mol. The van der Waals surface area contributed by atoms with Gasteiger partial charge in [-0.3, -0.25) is 4.99 Å². The fourth-order valence-corrected chi connectivity index (χ4v) is 7.32. The van der Waals surface area contributed by atoms with Crippen LogP contribution in [0, 0.1) is 12.3 Å². The van der Waals surface area contributed by atoms with E-state index in [0.29, 0.717) is 6.54 Å². The minimum absolute atomic E-state index is 0.373. The fourth-order valence-electron chi connectivity index (χ4n) is 7.32. The first-order chi connectivity index (χ1) is 25.3. The molecule has 8 bridgehead atoms. The van der Waals surface area contributed by atoms with Crippen molar-refractivity contribution < 1.29 is 0 Å². The van der Waals surface area contributed by atoms with Crippen LogP contribution in [0.2, 0.25) is 0 Å². The van der Waals surface area contributed by atoms with Crippen LogP contribution in [0.4, 0.5) is 5.69 Å². The van der Waals surface area contributed by atoms with Gasteiger partial charge in [0.15, 0.2) is 0 Å². The van der Waals surface area contributed by atoms with Crippen molar-refractivity contribution in [3.63, 3.8) is 0 Å². The summed E-state index contributed by atoms with van der Waals surface area (Å²) in [4.78, 5) is 14.4. The first-order valence-electron chi connectivity index (χ1n) is 17.1. The van der Waals surface area contributed by atoms with Crippen LogP contribution in [0.3, 0.4) is 0 Å². The fraction of sp³-hybridized carbons (Fsp3) is 0.0213. The third kappa shape index (κ3) is 5.38. The number of hydrogen-bond acceptors (Lipinski definition) is 2. The highest BCUT2D eigenvalue weighted by Gasteiger charge is 2.20. The molecule has 51 heavy (non-hydrogen) atoms. The lowest BCUT2D eigenvalue weighted by Crippen LogP contribution is -1.98. The minimum Gasteiger partial charge on any atom is -0.354 e. The van der Waals surface area contributed by atoms with Gasteiger partial charge in [0.25, 0.3) is 0 Å². The molecule has 0 atom stereocenters. The van der Waals surface area contributed by atoms with Gasteiger partial charge >= 0.3 is 0 Å². The molecule has 0 spiro atoms. The molecule has 5 heterocycles. The maximum atomic E-state index is 6.15. The summed E-state index contributed by atoms with van der Waals surface area (Å²) in [5.74, 6) is 2.96. The largest absolute Gasteiger partial charge is 0.354 e. The summed E-state index contributed by atoms with van der Waals surface area (Å²) in [7, 11) is 0. The molecule has 7 aromatic rings. The van der Waals surface area contributed by atoms with Crippen LogP contribution in [0.1, 0.15) is 17.0 Å². The molecule has 2 aliphatic rings. The number of rotatable bonds is 5. The van der Waals surface area contributed by atoms with Gasteiger partial charge in [-0.05, 0) is 64.7 Å². The molecule has 9 rings (SSSR count). The molecule has 0 saturated heterocycles. The lowest BCUT2D eigenvalue weighted by Gasteiger charge is -2.12. The maximum Gasteiger partial charge on any atom is 0.0841 e. The highest BCUT2D eigenvalue weighted by atomic mass is 15.0. The summed E-state index contributed by atoms with van der Waals surface area (Å²) in [5, 5.41) is 0. The zero-order valence-corrected chi connectivity index (χ0v) is 27.8. The minimum atomic E-state index is 0.373. The van der Waals surface area contributed by atoms with E-state index in [9.17, 15) is 0 Å². The first kappa shape index (κ1) is 30.1. The van der Waals surface area contributed by atoms with Crippen molar-refractivity contribution in [3.8, 4) is 56.9 Å². The molecule has 3 aromatic heterocycles. The molecule has 0 radical (unpaired) electrons. The van der Waals surface area contributed by atoms with Crippen LogP contribution in [0.5, 0.6) is 0 Å². The van der Waals surface area contributed by atoms with Crippen LogP contribution >= 0.6 is 0 Å². The smallest absolute Gasteiger partial charge is 0.0841 e. The summed E-state index contributed by atoms with van der Waals surface area (Å²) in [6.45, 7) is 0.373. The standard InChI is InChI=1S/C47H32N4/c1-2-29-51-42-27-28-43(51)47(35-21-13-6-14-22-35)41-30-36(31-48-41)44(32-15-7-3-8-16-32)37-23-24-38(49-37)45(33-17-9-4-10-18-33)39-25-26-40(50-39)46(42)34-19-11-5-12-20-34/h1,3-28,30-31,49H,29H2. The van der Waals surface area contributed by atoms with Gasteiger partial charge in [0, 0.05) is 45.1 Å². The number of terminal acetylenes is 1. The predicted octanol–water partition coefficient (Wildman–Crippen LogP) is 11.6. The van der Waals surface area contributed by atoms with Gasteiger partial charge in [0.2, 0.25) is 0 Å². The van der Waals surface area contributed by atoms with E-state index in [2.05, 4.69) is 155 Å². The van der Waals surface area contributed by atoms with E-state index in [1.807, 2.05) is 30.5 Å². The Kier molecular flexibility index (Phi) is 7.57. The third-order valence-electron chi connectivity index (χ3n) is 9.55. The Balaban J connectivity index is 1.53. The SMILES string of the molecule is C#CCn1c2ccc1c(-c1ccccc1)c1nc(c(-c3ccccc3)c3ccc([nH]3)c(-c3ccccc3)c3cc(c2-c2ccccc2)N=C3)C=C1. The molecule has 2 aliphatic heterocycles. The summed E-state index contributed by atoms with van der Waals surface area (Å²) in [5.41, 5.74) is 16.0. The van der Waals surface area contributed by atoms with Crippen molar-refractivity contribution in [1.82, 2.24) is 14.5 Å². The van der Waals surface area contributed by atoms with Crippen molar-refractivity contribution in [1.29, 1.82) is 0 Å². The van der Waals surface area contributed by atoms with E-state index < -0.39 is 0 Å². The number of aromatic amines is 1. The quantitative estimate of drug-likeness (QED) is 0.185. The van der Waals surface area contributed by atoms with E-state index in [4.69, 9.17) is 16.4 Å². The molecular weight excluding hydrogens is 621 g/mol. The van der Waals surface area contributed by atoms with Gasteiger partial charge in [0.1, 0.15) is 0 Å². The van der Waals surface area contributed by atoms with Gasteiger partial charge in [0.05, 0.1) is 34.7 Å². The van der Waals surface area contributed by atoms with Crippen molar-refractivity contribution in [3.05, 3.63) is 169 Å². The Hall–Kier alpha value is -6.96. The Morgan fingerprint density at radius 1 is 0.529 bits per heavy atom. The number of H-pyrrole nitrogens is 1. The van der Waals surface area contributed by atoms with Crippen molar-refractivity contribution in [2.24, 2.45) is 4.99 Å². The molecule has 4 heteroatoms. The predicted molar refractivity (Wildman–Crippen MR) is 214 cm³/mol. The lowest BCUT2D eigenvalue weighted by atomic mass is 10.0. The number of nitrogens with one attached hydrogen (secondary N) is 1. The first-order valence-corrected chi connectivity index (χ1v) is 17.1. The molecule has 1 N–H and O–H groups in total. The molecule has 0 amide bonds. The lowest BCUT2D eigenvalue weighted by molar-refractivity contribution is 0.923. The van der Waals surface area contributed by atoms with Crippen LogP contribution in [0.25, 0.3) is 78.7 Å². The average molecular weight is 653 g/mol. The molecule has 0 fully saturated rings. The zero-order chi connectivity index (χ0) is 34.1. The molecule has 4 nitrogen and oxygen atoms in total.